The molecule has 21 heavy (non-hydrogen) atoms. The Kier molecular flexibility index (Phi) is 3.75. The molecule has 3 aromatic rings. The Morgan fingerprint density at radius 3 is 2.57 bits per heavy atom. The van der Waals surface area contributed by atoms with Crippen molar-refractivity contribution in [1.82, 2.24) is 9.97 Å². The minimum Gasteiger partial charge on any atom is -0.294 e. The number of hydrogen-bond acceptors (Lipinski definition) is 3. The molecule has 0 N–H and O–H groups in total. The van der Waals surface area contributed by atoms with Gasteiger partial charge >= 0.3 is 0 Å². The Balaban J connectivity index is 1.89. The van der Waals surface area contributed by atoms with Crippen LogP contribution in [0.25, 0.3) is 11.0 Å². The highest BCUT2D eigenvalue weighted by atomic mass is 79.9. The number of carbonyl (C=O) groups is 1. The van der Waals surface area contributed by atoms with Gasteiger partial charge in [0.05, 0.1) is 11.0 Å². The summed E-state index contributed by atoms with van der Waals surface area (Å²) in [5.74, 6) is -0.381. The first-order valence-corrected chi connectivity index (χ1v) is 7.11. The molecule has 0 aliphatic heterocycles. The molecule has 0 saturated heterocycles. The molecule has 5 heteroatoms. The third-order valence-electron chi connectivity index (χ3n) is 3.16. The van der Waals surface area contributed by atoms with E-state index < -0.39 is 0 Å². The van der Waals surface area contributed by atoms with Crippen LogP contribution in [0.2, 0.25) is 0 Å². The quantitative estimate of drug-likeness (QED) is 0.675. The zero-order valence-corrected chi connectivity index (χ0v) is 12.5. The predicted octanol–water partition coefficient (Wildman–Crippen LogP) is 3.96. The lowest BCUT2D eigenvalue weighted by Crippen LogP contribution is -2.04. The van der Waals surface area contributed by atoms with Gasteiger partial charge in [0.2, 0.25) is 0 Å². The molecular formula is C16H10BrFN2O. The third-order valence-corrected chi connectivity index (χ3v) is 3.90. The van der Waals surface area contributed by atoms with Crippen LogP contribution in [0.1, 0.15) is 15.9 Å². The standard InChI is InChI=1S/C16H10BrFN2O/c17-13-9-12(18)3-1-10(13)8-16(21)11-2-4-14-15(7-11)20-6-5-19-14/h1-7,9H,8H2. The molecule has 104 valence electrons. The normalized spacial score (nSPS) is 10.8. The largest absolute Gasteiger partial charge is 0.294 e. The monoisotopic (exact) mass is 344 g/mol. The van der Waals surface area contributed by atoms with E-state index in [2.05, 4.69) is 25.9 Å². The van der Waals surface area contributed by atoms with Crippen molar-refractivity contribution >= 4 is 32.7 Å². The molecule has 0 radical (unpaired) electrons. The molecule has 3 rings (SSSR count). The summed E-state index contributed by atoms with van der Waals surface area (Å²) in [5, 5.41) is 0. The van der Waals surface area contributed by atoms with Crippen molar-refractivity contribution < 1.29 is 9.18 Å². The summed E-state index contributed by atoms with van der Waals surface area (Å²) in [6, 6.07) is 9.54. The van der Waals surface area contributed by atoms with Gasteiger partial charge in [0.25, 0.3) is 0 Å². The lowest BCUT2D eigenvalue weighted by molar-refractivity contribution is 0.0993. The number of carbonyl (C=O) groups excluding carboxylic acids is 1. The number of rotatable bonds is 3. The Bertz CT molecular complexity index is 835. The average Bonchev–Trinajstić information content (AvgIpc) is 2.49. The summed E-state index contributed by atoms with van der Waals surface area (Å²) in [5.41, 5.74) is 2.75. The van der Waals surface area contributed by atoms with Crippen LogP contribution in [0.3, 0.4) is 0 Å². The molecule has 0 aliphatic carbocycles. The number of nitrogens with zero attached hydrogens (tertiary/aromatic N) is 2. The van der Waals surface area contributed by atoms with Gasteiger partial charge in [0.15, 0.2) is 5.78 Å². The van der Waals surface area contributed by atoms with Crippen molar-refractivity contribution in [3.05, 3.63) is 70.2 Å². The molecule has 2 aromatic carbocycles. The van der Waals surface area contributed by atoms with E-state index in [1.54, 1.807) is 36.7 Å². The van der Waals surface area contributed by atoms with Gasteiger partial charge in [-0.05, 0) is 35.9 Å². The van der Waals surface area contributed by atoms with Crippen molar-refractivity contribution in [2.45, 2.75) is 6.42 Å². The second-order valence-corrected chi connectivity index (χ2v) is 5.45. The second kappa shape index (κ2) is 5.69. The number of hydrogen-bond donors (Lipinski definition) is 0. The van der Waals surface area contributed by atoms with Crippen LogP contribution in [0.4, 0.5) is 4.39 Å². The summed E-state index contributed by atoms with van der Waals surface area (Å²) in [4.78, 5) is 20.7. The molecule has 0 spiro atoms. The summed E-state index contributed by atoms with van der Waals surface area (Å²) >= 11 is 3.27. The average molecular weight is 345 g/mol. The van der Waals surface area contributed by atoms with Crippen LogP contribution in [0, 0.1) is 5.82 Å². The minimum absolute atomic E-state index is 0.0464. The van der Waals surface area contributed by atoms with Crippen molar-refractivity contribution in [3.63, 3.8) is 0 Å². The Morgan fingerprint density at radius 2 is 1.81 bits per heavy atom. The SMILES string of the molecule is O=C(Cc1ccc(F)cc1Br)c1ccc2nccnc2c1. The van der Waals surface area contributed by atoms with E-state index in [4.69, 9.17) is 0 Å². The summed E-state index contributed by atoms with van der Waals surface area (Å²) in [7, 11) is 0. The molecule has 0 atom stereocenters. The Morgan fingerprint density at radius 1 is 1.05 bits per heavy atom. The molecule has 0 saturated carbocycles. The number of ketones is 1. The van der Waals surface area contributed by atoms with Crippen molar-refractivity contribution in [3.8, 4) is 0 Å². The Labute approximate surface area is 129 Å². The van der Waals surface area contributed by atoms with Crippen molar-refractivity contribution in [2.24, 2.45) is 0 Å². The van der Waals surface area contributed by atoms with E-state index in [9.17, 15) is 9.18 Å². The van der Waals surface area contributed by atoms with E-state index in [1.807, 2.05) is 0 Å². The second-order valence-electron chi connectivity index (χ2n) is 4.60. The van der Waals surface area contributed by atoms with Crippen molar-refractivity contribution in [2.75, 3.05) is 0 Å². The number of aromatic nitrogens is 2. The first-order valence-electron chi connectivity index (χ1n) is 6.31. The van der Waals surface area contributed by atoms with E-state index >= 15 is 0 Å². The van der Waals surface area contributed by atoms with Gasteiger partial charge in [-0.3, -0.25) is 14.8 Å². The topological polar surface area (TPSA) is 42.9 Å². The highest BCUT2D eigenvalue weighted by Gasteiger charge is 2.11. The fourth-order valence-electron chi connectivity index (χ4n) is 2.08. The van der Waals surface area contributed by atoms with E-state index in [-0.39, 0.29) is 18.0 Å². The molecule has 0 unspecified atom stereocenters. The fourth-order valence-corrected chi connectivity index (χ4v) is 2.57. The van der Waals surface area contributed by atoms with Gasteiger partial charge in [-0.15, -0.1) is 0 Å². The first-order chi connectivity index (χ1) is 10.1. The van der Waals surface area contributed by atoms with Gasteiger partial charge in [0.1, 0.15) is 5.82 Å². The Hall–Kier alpha value is -2.14. The smallest absolute Gasteiger partial charge is 0.167 e. The van der Waals surface area contributed by atoms with Gasteiger partial charge in [0, 0.05) is 28.9 Å². The molecule has 3 nitrogen and oxygen atoms in total. The van der Waals surface area contributed by atoms with Crippen LogP contribution in [-0.4, -0.2) is 15.8 Å². The molecule has 0 aliphatic rings. The summed E-state index contributed by atoms with van der Waals surface area (Å²) in [6.07, 6.45) is 3.40. The van der Waals surface area contributed by atoms with Crippen LogP contribution in [-0.2, 0) is 6.42 Å². The van der Waals surface area contributed by atoms with Gasteiger partial charge < -0.3 is 0 Å². The van der Waals surface area contributed by atoms with Crippen LogP contribution < -0.4 is 0 Å². The van der Waals surface area contributed by atoms with E-state index in [0.717, 1.165) is 11.1 Å². The zero-order chi connectivity index (χ0) is 14.8. The van der Waals surface area contributed by atoms with Gasteiger partial charge in [-0.1, -0.05) is 22.0 Å². The molecule has 1 aromatic heterocycles. The molecule has 0 fully saturated rings. The molecule has 0 amide bonds. The predicted molar refractivity (Wildman–Crippen MR) is 81.7 cm³/mol. The zero-order valence-electron chi connectivity index (χ0n) is 10.9. The molecule has 1 heterocycles. The first kappa shape index (κ1) is 13.8. The molecular weight excluding hydrogens is 335 g/mol. The lowest BCUT2D eigenvalue weighted by Gasteiger charge is -2.05. The van der Waals surface area contributed by atoms with E-state index in [0.29, 0.717) is 15.6 Å². The maximum atomic E-state index is 13.1. The lowest BCUT2D eigenvalue weighted by atomic mass is 10.0. The van der Waals surface area contributed by atoms with Crippen LogP contribution >= 0.6 is 15.9 Å². The maximum absolute atomic E-state index is 13.1. The number of Topliss-reactive ketones (excluding diaryl/α,β-unsaturated/α-hetero) is 1. The van der Waals surface area contributed by atoms with Gasteiger partial charge in [-0.2, -0.15) is 0 Å². The van der Waals surface area contributed by atoms with Gasteiger partial charge in [-0.25, -0.2) is 4.39 Å². The maximum Gasteiger partial charge on any atom is 0.167 e. The van der Waals surface area contributed by atoms with E-state index in [1.165, 1.54) is 12.1 Å². The fraction of sp³-hybridized carbons (Fsp3) is 0.0625. The highest BCUT2D eigenvalue weighted by Crippen LogP contribution is 2.20. The summed E-state index contributed by atoms with van der Waals surface area (Å²) in [6.45, 7) is 0. The number of halogens is 2. The number of fused-ring (bicyclic) bond motifs is 1. The number of benzene rings is 2. The third kappa shape index (κ3) is 2.97. The highest BCUT2D eigenvalue weighted by molar-refractivity contribution is 9.10. The van der Waals surface area contributed by atoms with Crippen molar-refractivity contribution in [1.29, 1.82) is 0 Å². The van der Waals surface area contributed by atoms with Crippen LogP contribution in [0.5, 0.6) is 0 Å². The van der Waals surface area contributed by atoms with Crippen LogP contribution in [0.15, 0.2) is 53.3 Å². The summed E-state index contributed by atoms with van der Waals surface area (Å²) < 4.78 is 13.6. The molecule has 0 bridgehead atoms. The minimum atomic E-state index is -0.334.